The summed E-state index contributed by atoms with van der Waals surface area (Å²) in [5, 5.41) is 10.5. The highest BCUT2D eigenvalue weighted by Gasteiger charge is 2.27. The molecule has 0 radical (unpaired) electrons. The highest BCUT2D eigenvalue weighted by Crippen LogP contribution is 2.37. The number of aromatic hydroxyl groups is 1. The first-order chi connectivity index (χ1) is 9.72. The Morgan fingerprint density at radius 2 is 2.00 bits per heavy atom. The normalized spacial score (nSPS) is 15.1. The van der Waals surface area contributed by atoms with E-state index in [0.29, 0.717) is 11.3 Å². The van der Waals surface area contributed by atoms with Crippen LogP contribution in [0.3, 0.4) is 0 Å². The molecular weight excluding hydrogens is 252 g/mol. The molecule has 0 aliphatic heterocycles. The highest BCUT2D eigenvalue weighted by molar-refractivity contribution is 5.46. The molecule has 1 N–H and O–H groups in total. The zero-order chi connectivity index (χ0) is 14.1. The molecule has 104 valence electrons. The van der Waals surface area contributed by atoms with Crippen LogP contribution in [0.15, 0.2) is 39.5 Å². The van der Waals surface area contributed by atoms with Gasteiger partial charge in [0.15, 0.2) is 0 Å². The second-order valence-corrected chi connectivity index (χ2v) is 5.28. The summed E-state index contributed by atoms with van der Waals surface area (Å²) in [5.74, 6) is 0.710. The number of aryl methyl sites for hydroxylation is 1. The van der Waals surface area contributed by atoms with Gasteiger partial charge in [-0.05, 0) is 24.8 Å². The minimum absolute atomic E-state index is 0.113. The van der Waals surface area contributed by atoms with Gasteiger partial charge in [0.1, 0.15) is 11.5 Å². The monoisotopic (exact) mass is 270 g/mol. The van der Waals surface area contributed by atoms with E-state index in [-0.39, 0.29) is 17.3 Å². The van der Waals surface area contributed by atoms with Crippen LogP contribution in [0.4, 0.5) is 0 Å². The van der Waals surface area contributed by atoms with Crippen LogP contribution in [0.1, 0.15) is 48.1 Å². The van der Waals surface area contributed by atoms with E-state index < -0.39 is 0 Å². The van der Waals surface area contributed by atoms with Crippen molar-refractivity contribution in [3.8, 4) is 5.75 Å². The summed E-state index contributed by atoms with van der Waals surface area (Å²) in [6.45, 7) is 2.02. The maximum atomic E-state index is 12.2. The van der Waals surface area contributed by atoms with Crippen molar-refractivity contribution in [1.82, 2.24) is 0 Å². The molecule has 3 nitrogen and oxygen atoms in total. The molecule has 1 atom stereocenters. The lowest BCUT2D eigenvalue weighted by Gasteiger charge is -2.17. The summed E-state index contributed by atoms with van der Waals surface area (Å²) in [7, 11) is 0. The summed E-state index contributed by atoms with van der Waals surface area (Å²) in [5.41, 5.74) is 1.89. The van der Waals surface area contributed by atoms with Gasteiger partial charge in [0.2, 0.25) is 0 Å². The highest BCUT2D eigenvalue weighted by atomic mass is 16.4. The molecule has 0 saturated heterocycles. The van der Waals surface area contributed by atoms with Crippen LogP contribution < -0.4 is 5.63 Å². The van der Waals surface area contributed by atoms with Gasteiger partial charge in [-0.2, -0.15) is 0 Å². The third-order valence-corrected chi connectivity index (χ3v) is 4.10. The lowest BCUT2D eigenvalue weighted by Crippen LogP contribution is -2.15. The van der Waals surface area contributed by atoms with Crippen molar-refractivity contribution in [3.63, 3.8) is 0 Å². The third kappa shape index (κ3) is 2.03. The van der Waals surface area contributed by atoms with Crippen LogP contribution in [0.5, 0.6) is 5.75 Å². The molecule has 1 heterocycles. The molecule has 0 saturated carbocycles. The SMILES string of the molecule is CC[C@H](c1ccccc1)c1c(O)c2c(oc1=O)CCC2. The molecule has 1 aromatic carbocycles. The zero-order valence-electron chi connectivity index (χ0n) is 11.6. The predicted octanol–water partition coefficient (Wildman–Crippen LogP) is 3.38. The van der Waals surface area contributed by atoms with Gasteiger partial charge in [-0.3, -0.25) is 0 Å². The Morgan fingerprint density at radius 1 is 1.25 bits per heavy atom. The van der Waals surface area contributed by atoms with E-state index in [0.717, 1.165) is 36.8 Å². The van der Waals surface area contributed by atoms with Gasteiger partial charge in [-0.25, -0.2) is 4.79 Å². The fraction of sp³-hybridized carbons (Fsp3) is 0.353. The van der Waals surface area contributed by atoms with Gasteiger partial charge >= 0.3 is 5.63 Å². The van der Waals surface area contributed by atoms with Crippen LogP contribution in [-0.4, -0.2) is 5.11 Å². The van der Waals surface area contributed by atoms with Crippen molar-refractivity contribution in [3.05, 3.63) is 63.2 Å². The summed E-state index contributed by atoms with van der Waals surface area (Å²) in [6.07, 6.45) is 3.24. The summed E-state index contributed by atoms with van der Waals surface area (Å²) < 4.78 is 5.42. The van der Waals surface area contributed by atoms with Crippen molar-refractivity contribution in [2.75, 3.05) is 0 Å². The van der Waals surface area contributed by atoms with Crippen molar-refractivity contribution in [1.29, 1.82) is 0 Å². The van der Waals surface area contributed by atoms with Crippen LogP contribution in [-0.2, 0) is 12.8 Å². The van der Waals surface area contributed by atoms with Crippen LogP contribution in [0.25, 0.3) is 0 Å². The Balaban J connectivity index is 2.16. The molecule has 0 fully saturated rings. The molecule has 2 aromatic rings. The largest absolute Gasteiger partial charge is 0.507 e. The molecule has 0 bridgehead atoms. The fourth-order valence-corrected chi connectivity index (χ4v) is 3.10. The Morgan fingerprint density at radius 3 is 2.70 bits per heavy atom. The molecular formula is C17H18O3. The number of hydrogen-bond acceptors (Lipinski definition) is 3. The molecule has 3 heteroatoms. The molecule has 20 heavy (non-hydrogen) atoms. The van der Waals surface area contributed by atoms with E-state index >= 15 is 0 Å². The Kier molecular flexibility index (Phi) is 3.35. The number of hydrogen-bond donors (Lipinski definition) is 1. The van der Waals surface area contributed by atoms with E-state index in [1.54, 1.807) is 0 Å². The van der Waals surface area contributed by atoms with Crippen LogP contribution in [0.2, 0.25) is 0 Å². The smallest absolute Gasteiger partial charge is 0.343 e. The van der Waals surface area contributed by atoms with E-state index in [4.69, 9.17) is 4.42 Å². The molecule has 1 aliphatic carbocycles. The fourth-order valence-electron chi connectivity index (χ4n) is 3.10. The Hall–Kier alpha value is -2.03. The topological polar surface area (TPSA) is 50.4 Å². The van der Waals surface area contributed by atoms with Gasteiger partial charge in [-0.1, -0.05) is 37.3 Å². The van der Waals surface area contributed by atoms with E-state index in [1.165, 1.54) is 0 Å². The summed E-state index contributed by atoms with van der Waals surface area (Å²) in [6, 6.07) is 9.82. The third-order valence-electron chi connectivity index (χ3n) is 4.10. The Bertz CT molecular complexity index is 671. The second kappa shape index (κ2) is 5.16. The van der Waals surface area contributed by atoms with Crippen LogP contribution >= 0.6 is 0 Å². The first kappa shape index (κ1) is 13.0. The minimum atomic E-state index is -0.390. The van der Waals surface area contributed by atoms with E-state index in [9.17, 15) is 9.90 Å². The molecule has 0 amide bonds. The van der Waals surface area contributed by atoms with Gasteiger partial charge in [0.05, 0.1) is 5.56 Å². The lowest BCUT2D eigenvalue weighted by molar-refractivity contribution is 0.409. The quantitative estimate of drug-likeness (QED) is 0.930. The first-order valence-corrected chi connectivity index (χ1v) is 7.15. The zero-order valence-corrected chi connectivity index (χ0v) is 11.6. The maximum absolute atomic E-state index is 12.2. The van der Waals surface area contributed by atoms with Gasteiger partial charge < -0.3 is 9.52 Å². The molecule has 3 rings (SSSR count). The average molecular weight is 270 g/mol. The molecule has 1 aromatic heterocycles. The summed E-state index contributed by atoms with van der Waals surface area (Å²) >= 11 is 0. The predicted molar refractivity (Wildman–Crippen MR) is 77.2 cm³/mol. The minimum Gasteiger partial charge on any atom is -0.507 e. The molecule has 1 aliphatic rings. The van der Waals surface area contributed by atoms with Gasteiger partial charge in [0, 0.05) is 17.9 Å². The van der Waals surface area contributed by atoms with E-state index in [1.807, 2.05) is 37.3 Å². The van der Waals surface area contributed by atoms with E-state index in [2.05, 4.69) is 0 Å². The molecule has 0 spiro atoms. The van der Waals surface area contributed by atoms with Gasteiger partial charge in [0.25, 0.3) is 0 Å². The van der Waals surface area contributed by atoms with Crippen molar-refractivity contribution < 1.29 is 9.52 Å². The number of rotatable bonds is 3. The number of fused-ring (bicyclic) bond motifs is 1. The van der Waals surface area contributed by atoms with Crippen molar-refractivity contribution in [2.45, 2.75) is 38.5 Å². The lowest BCUT2D eigenvalue weighted by atomic mass is 9.88. The average Bonchev–Trinajstić information content (AvgIpc) is 2.92. The van der Waals surface area contributed by atoms with Gasteiger partial charge in [-0.15, -0.1) is 0 Å². The maximum Gasteiger partial charge on any atom is 0.343 e. The number of benzene rings is 1. The second-order valence-electron chi connectivity index (χ2n) is 5.28. The van der Waals surface area contributed by atoms with Crippen LogP contribution in [0, 0.1) is 0 Å². The molecule has 0 unspecified atom stereocenters. The Labute approximate surface area is 117 Å². The van der Waals surface area contributed by atoms with Crippen molar-refractivity contribution >= 4 is 0 Å². The first-order valence-electron chi connectivity index (χ1n) is 7.15. The standard InChI is InChI=1S/C17H18O3/c1-2-12(11-7-4-3-5-8-11)15-16(18)13-9-6-10-14(13)20-17(15)19/h3-5,7-8,12,18H,2,6,9-10H2,1H3/t12-/m1/s1. The van der Waals surface area contributed by atoms with Crippen molar-refractivity contribution in [2.24, 2.45) is 0 Å². The summed E-state index contributed by atoms with van der Waals surface area (Å²) in [4.78, 5) is 12.2.